The number of furan rings is 1. The van der Waals surface area contributed by atoms with Crippen LogP contribution < -0.4 is 35.2 Å². The van der Waals surface area contributed by atoms with Gasteiger partial charge in [-0.3, -0.25) is 0 Å². The van der Waals surface area contributed by atoms with Gasteiger partial charge in [-0.05, 0) is 43.3 Å². The smallest absolute Gasteiger partial charge is 0.270 e. The number of ether oxygens (including phenoxy) is 3. The number of aromatic nitrogens is 2. The first kappa shape index (κ1) is 21.6. The van der Waals surface area contributed by atoms with Crippen LogP contribution in [0.3, 0.4) is 0 Å². The van der Waals surface area contributed by atoms with Crippen molar-refractivity contribution in [2.24, 2.45) is 7.05 Å². The molecule has 0 atom stereocenters. The van der Waals surface area contributed by atoms with E-state index in [0.29, 0.717) is 0 Å². The zero-order valence-corrected chi connectivity index (χ0v) is 22.6. The second-order valence-corrected chi connectivity index (χ2v) is 11.2. The van der Waals surface area contributed by atoms with Gasteiger partial charge in [-0.1, -0.05) is 36.4 Å². The van der Waals surface area contributed by atoms with Crippen LogP contribution in [0, 0.1) is 13.8 Å². The third-order valence-corrected chi connectivity index (χ3v) is 9.14. The summed E-state index contributed by atoms with van der Waals surface area (Å²) in [6, 6.07) is 26.8. The fourth-order valence-electron chi connectivity index (χ4n) is 7.25. The molecular weight excluding hydrogens is 511 g/mol. The van der Waals surface area contributed by atoms with Crippen molar-refractivity contribution in [3.63, 3.8) is 0 Å². The highest BCUT2D eigenvalue weighted by atomic mass is 16.5. The summed E-state index contributed by atoms with van der Waals surface area (Å²) in [5.74, 6) is 6.00. The van der Waals surface area contributed by atoms with E-state index in [1.807, 2.05) is 48.5 Å². The van der Waals surface area contributed by atoms with Crippen molar-refractivity contribution in [2.75, 3.05) is 0 Å². The van der Waals surface area contributed by atoms with Crippen molar-refractivity contribution in [3.05, 3.63) is 90.3 Å². The van der Waals surface area contributed by atoms with Crippen molar-refractivity contribution in [2.45, 2.75) is 13.8 Å². The van der Waals surface area contributed by atoms with Crippen molar-refractivity contribution in [3.8, 4) is 40.2 Å². The predicted octanol–water partition coefficient (Wildman–Crippen LogP) is 5.80. The summed E-state index contributed by atoms with van der Waals surface area (Å²) in [4.78, 5) is 0. The monoisotopic (exact) mass is 533 g/mol. The van der Waals surface area contributed by atoms with Crippen molar-refractivity contribution in [1.82, 2.24) is 4.57 Å². The number of para-hydroxylation sites is 1. The maximum atomic E-state index is 6.80. The average Bonchev–Trinajstić information content (AvgIpc) is 3.47. The Labute approximate surface area is 235 Å². The van der Waals surface area contributed by atoms with Gasteiger partial charge >= 0.3 is 0 Å². The molecule has 0 bridgehead atoms. The minimum absolute atomic E-state index is 0.0257. The molecule has 5 heterocycles. The molecule has 6 nitrogen and oxygen atoms in total. The van der Waals surface area contributed by atoms with Gasteiger partial charge in [0.05, 0.1) is 7.05 Å². The van der Waals surface area contributed by atoms with Crippen LogP contribution in [0.15, 0.2) is 83.3 Å². The van der Waals surface area contributed by atoms with Crippen LogP contribution in [0.2, 0.25) is 0 Å². The minimum atomic E-state index is -0.0257. The first-order valence-electron chi connectivity index (χ1n) is 13.9. The van der Waals surface area contributed by atoms with Gasteiger partial charge in [0, 0.05) is 45.7 Å². The Morgan fingerprint density at radius 2 is 1.37 bits per heavy atom. The Morgan fingerprint density at radius 3 is 2.12 bits per heavy atom. The van der Waals surface area contributed by atoms with Gasteiger partial charge in [-0.15, -0.1) is 0 Å². The van der Waals surface area contributed by atoms with E-state index in [4.69, 9.17) is 18.6 Å². The lowest BCUT2D eigenvalue weighted by Crippen LogP contribution is -2.60. The van der Waals surface area contributed by atoms with Gasteiger partial charge in [0.2, 0.25) is 5.52 Å². The molecule has 0 aliphatic carbocycles. The quantitative estimate of drug-likeness (QED) is 0.198. The number of aryl methyl sites for hydroxylation is 2. The molecule has 7 heteroatoms. The molecule has 10 rings (SSSR count). The predicted molar refractivity (Wildman–Crippen MR) is 159 cm³/mol. The Bertz CT molecular complexity index is 2330. The standard InChI is InChI=1S/C34H22BN2O4/c1-17-14-15-20-19-8-4-5-9-22(19)40-33(20)31(17)37-18(2)36(3)32-21(37)16-27-30-34(32)41-26-13-7-11-24-29(26)35(30)28-23(38-24)10-6-12-25(28)39-27/h4-16H,1-3H3/q+1. The van der Waals surface area contributed by atoms with Crippen molar-refractivity contribution in [1.29, 1.82) is 0 Å². The Kier molecular flexibility index (Phi) is 3.76. The summed E-state index contributed by atoms with van der Waals surface area (Å²) >= 11 is 0. The molecular formula is C34H22BN2O4+. The minimum Gasteiger partial charge on any atom is -0.458 e. The molecule has 0 unspecified atom stereocenters. The van der Waals surface area contributed by atoms with Crippen LogP contribution in [0.1, 0.15) is 11.4 Å². The molecule has 3 aliphatic heterocycles. The van der Waals surface area contributed by atoms with Crippen molar-refractivity contribution >= 4 is 56.1 Å². The molecule has 2 aromatic heterocycles. The highest BCUT2D eigenvalue weighted by Gasteiger charge is 2.48. The Balaban J connectivity index is 1.34. The lowest BCUT2D eigenvalue weighted by atomic mass is 9.34. The second kappa shape index (κ2) is 7.12. The van der Waals surface area contributed by atoms with Crippen LogP contribution in [0.5, 0.6) is 34.5 Å². The van der Waals surface area contributed by atoms with Crippen LogP contribution in [-0.2, 0) is 7.05 Å². The summed E-state index contributed by atoms with van der Waals surface area (Å²) in [6.45, 7) is 4.26. The molecule has 0 N–H and O–H groups in total. The van der Waals surface area contributed by atoms with Gasteiger partial charge in [0.25, 0.3) is 12.5 Å². The third-order valence-electron chi connectivity index (χ3n) is 9.14. The summed E-state index contributed by atoms with van der Waals surface area (Å²) in [6.07, 6.45) is 0. The molecule has 0 spiro atoms. The maximum absolute atomic E-state index is 6.80. The number of hydrogen-bond acceptors (Lipinski definition) is 4. The van der Waals surface area contributed by atoms with E-state index in [1.165, 1.54) is 0 Å². The lowest BCUT2D eigenvalue weighted by molar-refractivity contribution is -0.652. The van der Waals surface area contributed by atoms with E-state index in [9.17, 15) is 0 Å². The molecule has 0 saturated heterocycles. The summed E-state index contributed by atoms with van der Waals surface area (Å²) in [7, 11) is 2.10. The third kappa shape index (κ3) is 2.49. The summed E-state index contributed by atoms with van der Waals surface area (Å²) in [5.41, 5.74) is 9.09. The lowest BCUT2D eigenvalue weighted by Gasteiger charge is -2.36. The fourth-order valence-corrected chi connectivity index (χ4v) is 7.25. The molecule has 194 valence electrons. The average molecular weight is 533 g/mol. The van der Waals surface area contributed by atoms with E-state index in [0.717, 1.165) is 101 Å². The number of benzene rings is 5. The van der Waals surface area contributed by atoms with E-state index in [-0.39, 0.29) is 6.71 Å². The Hall–Kier alpha value is -5.17. The fraction of sp³-hybridized carbons (Fsp3) is 0.0882. The molecule has 0 radical (unpaired) electrons. The first-order valence-corrected chi connectivity index (χ1v) is 13.9. The normalized spacial score (nSPS) is 13.8. The van der Waals surface area contributed by atoms with E-state index < -0.39 is 0 Å². The van der Waals surface area contributed by atoms with Crippen LogP contribution >= 0.6 is 0 Å². The zero-order chi connectivity index (χ0) is 27.1. The number of nitrogens with zero attached hydrogens (tertiary/aromatic N) is 2. The van der Waals surface area contributed by atoms with Gasteiger partial charge < -0.3 is 18.6 Å². The molecule has 0 saturated carbocycles. The van der Waals surface area contributed by atoms with E-state index in [1.54, 1.807) is 0 Å². The summed E-state index contributed by atoms with van der Waals surface area (Å²) < 4.78 is 30.8. The number of imidazole rings is 1. The van der Waals surface area contributed by atoms with Gasteiger partial charge in [-0.2, -0.15) is 4.57 Å². The van der Waals surface area contributed by atoms with Crippen LogP contribution in [-0.4, -0.2) is 11.3 Å². The molecule has 5 aromatic carbocycles. The van der Waals surface area contributed by atoms with Gasteiger partial charge in [0.1, 0.15) is 34.3 Å². The Morgan fingerprint density at radius 1 is 0.683 bits per heavy atom. The SMILES string of the molecule is Cc1ccc2c(oc3ccccc32)c1-n1c(C)[n+](C)c2c3c4c(cc21)Oc1cccc2c1B4c1c(cccc1O3)O2. The molecule has 7 aromatic rings. The van der Waals surface area contributed by atoms with Crippen LogP contribution in [0.25, 0.3) is 38.7 Å². The van der Waals surface area contributed by atoms with E-state index in [2.05, 4.69) is 60.4 Å². The van der Waals surface area contributed by atoms with Gasteiger partial charge in [-0.25, -0.2) is 4.57 Å². The second-order valence-electron chi connectivity index (χ2n) is 11.2. The van der Waals surface area contributed by atoms with E-state index >= 15 is 0 Å². The largest absolute Gasteiger partial charge is 0.458 e. The molecule has 3 aliphatic rings. The van der Waals surface area contributed by atoms with Crippen LogP contribution in [0.4, 0.5) is 0 Å². The topological polar surface area (TPSA) is 49.6 Å². The molecule has 0 fully saturated rings. The zero-order valence-electron chi connectivity index (χ0n) is 22.6. The summed E-state index contributed by atoms with van der Waals surface area (Å²) in [5, 5.41) is 2.21. The molecule has 0 amide bonds. The van der Waals surface area contributed by atoms with Crippen molar-refractivity contribution < 1.29 is 23.2 Å². The number of fused-ring (bicyclic) bond motifs is 5. The number of rotatable bonds is 1. The van der Waals surface area contributed by atoms with Gasteiger partial charge in [0.15, 0.2) is 22.5 Å². The number of hydrogen-bond donors (Lipinski definition) is 0. The highest BCUT2D eigenvalue weighted by Crippen LogP contribution is 2.45. The molecule has 41 heavy (non-hydrogen) atoms. The highest BCUT2D eigenvalue weighted by molar-refractivity contribution is 6.99. The first-order chi connectivity index (χ1) is 20.1. The maximum Gasteiger partial charge on any atom is 0.270 e.